The van der Waals surface area contributed by atoms with Crippen molar-refractivity contribution in [1.29, 1.82) is 0 Å². The lowest BCUT2D eigenvalue weighted by Crippen LogP contribution is -2.40. The second kappa shape index (κ2) is 10.3. The molecule has 1 aliphatic heterocycles. The van der Waals surface area contributed by atoms with Crippen molar-refractivity contribution in [1.82, 2.24) is 9.13 Å². The van der Waals surface area contributed by atoms with Crippen molar-refractivity contribution in [3.63, 3.8) is 0 Å². The number of benzene rings is 2. The van der Waals surface area contributed by atoms with E-state index in [9.17, 15) is 19.7 Å². The average Bonchev–Trinajstić information content (AvgIpc) is 3.41. The Hall–Kier alpha value is -4.57. The van der Waals surface area contributed by atoms with E-state index < -0.39 is 16.9 Å². The van der Waals surface area contributed by atoms with Gasteiger partial charge in [0, 0.05) is 29.2 Å². The maximum Gasteiger partial charge on any atom is 0.338 e. The summed E-state index contributed by atoms with van der Waals surface area (Å²) in [6, 6.07) is 17.1. The number of thiazole rings is 1. The van der Waals surface area contributed by atoms with Gasteiger partial charge in [0.15, 0.2) is 4.80 Å². The minimum atomic E-state index is -0.653. The van der Waals surface area contributed by atoms with E-state index in [0.29, 0.717) is 27.0 Å². The number of hydrogen-bond acceptors (Lipinski definition) is 7. The van der Waals surface area contributed by atoms with Gasteiger partial charge in [-0.1, -0.05) is 48.6 Å². The Labute approximate surface area is 227 Å². The highest BCUT2D eigenvalue weighted by Crippen LogP contribution is 2.31. The number of fused-ring (bicyclic) bond motifs is 1. The summed E-state index contributed by atoms with van der Waals surface area (Å²) in [4.78, 5) is 42.6. The highest BCUT2D eigenvalue weighted by molar-refractivity contribution is 7.07. The molecule has 3 heterocycles. The molecule has 0 bridgehead atoms. The normalized spacial score (nSPS) is 15.2. The summed E-state index contributed by atoms with van der Waals surface area (Å²) in [5, 5.41) is 11.1. The van der Waals surface area contributed by atoms with E-state index in [4.69, 9.17) is 9.73 Å². The zero-order chi connectivity index (χ0) is 27.8. The van der Waals surface area contributed by atoms with Crippen LogP contribution >= 0.6 is 11.3 Å². The molecule has 0 unspecified atom stereocenters. The number of allylic oxidation sites excluding steroid dienone is 1. The van der Waals surface area contributed by atoms with Gasteiger partial charge in [-0.2, -0.15) is 0 Å². The third kappa shape index (κ3) is 4.52. The van der Waals surface area contributed by atoms with Gasteiger partial charge in [-0.25, -0.2) is 9.79 Å². The second-order valence-corrected chi connectivity index (χ2v) is 10.1. The van der Waals surface area contributed by atoms with Crippen molar-refractivity contribution in [2.75, 3.05) is 7.11 Å². The van der Waals surface area contributed by atoms with Crippen LogP contribution in [0.2, 0.25) is 0 Å². The summed E-state index contributed by atoms with van der Waals surface area (Å²) in [5.41, 5.74) is 4.97. The topological polar surface area (TPSA) is 109 Å². The molecule has 0 fully saturated rings. The molecule has 9 nitrogen and oxygen atoms in total. The number of non-ortho nitro benzene ring substituents is 1. The Morgan fingerprint density at radius 1 is 1.15 bits per heavy atom. The highest BCUT2D eigenvalue weighted by atomic mass is 32.1. The number of nitro benzene ring substituents is 1. The minimum absolute atomic E-state index is 0.0216. The number of aryl methyl sites for hydroxylation is 1. The minimum Gasteiger partial charge on any atom is -0.466 e. The Morgan fingerprint density at radius 3 is 2.46 bits per heavy atom. The SMILES string of the molecule is CCC1=C(C(=O)OC)[C@@H](c2ccccc2)n2c(s/c(=C/c3cc(C)n(-c4ccc([N+](=O)[O-])cc4)c3C)c2=O)=N1. The van der Waals surface area contributed by atoms with Gasteiger partial charge in [-0.05, 0) is 55.7 Å². The molecule has 0 N–H and O–H groups in total. The van der Waals surface area contributed by atoms with Crippen LogP contribution in [0.5, 0.6) is 0 Å². The first kappa shape index (κ1) is 26.1. The number of hydrogen-bond donors (Lipinski definition) is 0. The highest BCUT2D eigenvalue weighted by Gasteiger charge is 2.33. The summed E-state index contributed by atoms with van der Waals surface area (Å²) >= 11 is 1.28. The number of rotatable bonds is 6. The van der Waals surface area contributed by atoms with Crippen LogP contribution in [0.1, 0.15) is 41.9 Å². The van der Waals surface area contributed by atoms with Crippen LogP contribution in [0.15, 0.2) is 81.7 Å². The molecule has 5 rings (SSSR count). The van der Waals surface area contributed by atoms with E-state index in [0.717, 1.165) is 28.2 Å². The van der Waals surface area contributed by atoms with Crippen molar-refractivity contribution in [3.8, 4) is 5.69 Å². The Balaban J connectivity index is 1.68. The van der Waals surface area contributed by atoms with Gasteiger partial charge in [0.05, 0.1) is 33.9 Å². The summed E-state index contributed by atoms with van der Waals surface area (Å²) in [7, 11) is 1.33. The van der Waals surface area contributed by atoms with Crippen molar-refractivity contribution in [2.45, 2.75) is 33.2 Å². The molecule has 0 amide bonds. The molecule has 1 aliphatic rings. The number of nitrogens with zero attached hydrogens (tertiary/aromatic N) is 4. The number of ether oxygens (including phenoxy) is 1. The van der Waals surface area contributed by atoms with Gasteiger partial charge in [0.2, 0.25) is 0 Å². The molecule has 0 spiro atoms. The molecule has 39 heavy (non-hydrogen) atoms. The van der Waals surface area contributed by atoms with Crippen molar-refractivity contribution in [2.24, 2.45) is 4.99 Å². The van der Waals surface area contributed by atoms with E-state index in [1.807, 2.05) is 67.8 Å². The Bertz CT molecular complexity index is 1810. The van der Waals surface area contributed by atoms with E-state index in [-0.39, 0.29) is 11.2 Å². The number of nitro groups is 1. The first-order chi connectivity index (χ1) is 18.7. The fourth-order valence-corrected chi connectivity index (χ4v) is 6.02. The number of carbonyl (C=O) groups is 1. The van der Waals surface area contributed by atoms with Crippen LogP contribution in [-0.4, -0.2) is 27.1 Å². The van der Waals surface area contributed by atoms with Crippen molar-refractivity contribution >= 4 is 29.1 Å². The quantitative estimate of drug-likeness (QED) is 0.207. The Kier molecular flexibility index (Phi) is 6.88. The van der Waals surface area contributed by atoms with Gasteiger partial charge in [-0.15, -0.1) is 0 Å². The molecule has 2 aromatic carbocycles. The molecule has 0 saturated heterocycles. The van der Waals surface area contributed by atoms with Crippen LogP contribution in [0.3, 0.4) is 0 Å². The van der Waals surface area contributed by atoms with Crippen molar-refractivity contribution < 1.29 is 14.5 Å². The summed E-state index contributed by atoms with van der Waals surface area (Å²) in [6.07, 6.45) is 2.35. The molecule has 4 aromatic rings. The maximum atomic E-state index is 13.9. The largest absolute Gasteiger partial charge is 0.466 e. The van der Waals surface area contributed by atoms with Gasteiger partial charge < -0.3 is 9.30 Å². The first-order valence-electron chi connectivity index (χ1n) is 12.4. The van der Waals surface area contributed by atoms with E-state index >= 15 is 0 Å². The lowest BCUT2D eigenvalue weighted by atomic mass is 9.95. The lowest BCUT2D eigenvalue weighted by molar-refractivity contribution is -0.384. The Morgan fingerprint density at radius 2 is 1.85 bits per heavy atom. The predicted octanol–water partition coefficient (Wildman–Crippen LogP) is 4.11. The van der Waals surface area contributed by atoms with Crippen molar-refractivity contribution in [3.05, 3.63) is 124 Å². The van der Waals surface area contributed by atoms with Gasteiger partial charge in [0.1, 0.15) is 0 Å². The van der Waals surface area contributed by atoms with Gasteiger partial charge in [-0.3, -0.25) is 19.5 Å². The van der Waals surface area contributed by atoms with E-state index in [1.165, 1.54) is 30.6 Å². The maximum absolute atomic E-state index is 13.9. The number of aromatic nitrogens is 2. The number of carbonyl (C=O) groups excluding carboxylic acids is 1. The molecule has 0 radical (unpaired) electrons. The summed E-state index contributed by atoms with van der Waals surface area (Å²) in [6.45, 7) is 5.80. The molecular weight excluding hydrogens is 516 g/mol. The number of esters is 1. The van der Waals surface area contributed by atoms with Crippen LogP contribution < -0.4 is 14.9 Å². The van der Waals surface area contributed by atoms with Gasteiger partial charge in [0.25, 0.3) is 11.2 Å². The molecule has 0 aliphatic carbocycles. The smallest absolute Gasteiger partial charge is 0.338 e. The molecule has 2 aromatic heterocycles. The summed E-state index contributed by atoms with van der Waals surface area (Å²) in [5.74, 6) is -0.509. The number of methoxy groups -OCH3 is 1. The zero-order valence-corrected chi connectivity index (χ0v) is 22.7. The molecular formula is C29H26N4O5S. The molecule has 1 atom stereocenters. The molecule has 0 saturated carbocycles. The third-order valence-corrected chi connectivity index (χ3v) is 7.82. The predicted molar refractivity (Wildman–Crippen MR) is 149 cm³/mol. The van der Waals surface area contributed by atoms with E-state index in [2.05, 4.69) is 0 Å². The standard InChI is InChI=1S/C29H26N4O5S/c1-5-23-25(28(35)38-4)26(19-9-7-6-8-10-19)32-27(34)24(39-29(32)30-23)16-20-15-17(2)31(18(20)3)21-11-13-22(14-12-21)33(36)37/h6-16,26H,5H2,1-4H3/b24-16+/t26-/m1/s1. The monoisotopic (exact) mass is 542 g/mol. The van der Waals surface area contributed by atoms with E-state index in [1.54, 1.807) is 16.7 Å². The van der Waals surface area contributed by atoms with Crippen LogP contribution in [-0.2, 0) is 9.53 Å². The zero-order valence-electron chi connectivity index (χ0n) is 21.9. The van der Waals surface area contributed by atoms with Crippen LogP contribution in [0, 0.1) is 24.0 Å². The lowest BCUT2D eigenvalue weighted by Gasteiger charge is -2.25. The fraction of sp³-hybridized carbons (Fsp3) is 0.207. The molecule has 198 valence electrons. The fourth-order valence-electron chi connectivity index (χ4n) is 5.01. The van der Waals surface area contributed by atoms with Gasteiger partial charge >= 0.3 is 5.97 Å². The molecule has 10 heteroatoms. The third-order valence-electron chi connectivity index (χ3n) is 6.84. The van der Waals surface area contributed by atoms with Crippen LogP contribution in [0.4, 0.5) is 5.69 Å². The van der Waals surface area contributed by atoms with Crippen LogP contribution in [0.25, 0.3) is 11.8 Å². The summed E-state index contributed by atoms with van der Waals surface area (Å²) < 4.78 is 9.16. The average molecular weight is 543 g/mol. The first-order valence-corrected chi connectivity index (χ1v) is 13.2. The second-order valence-electron chi connectivity index (χ2n) is 9.13.